The van der Waals surface area contributed by atoms with Gasteiger partial charge < -0.3 is 10.1 Å². The van der Waals surface area contributed by atoms with E-state index in [0.29, 0.717) is 0 Å². The number of esters is 1. The van der Waals surface area contributed by atoms with E-state index in [-0.39, 0.29) is 28.9 Å². The molecule has 0 bridgehead atoms. The lowest BCUT2D eigenvalue weighted by atomic mass is 9.88. The second kappa shape index (κ2) is 8.99. The first-order valence-electron chi connectivity index (χ1n) is 8.60. The number of rotatable bonds is 7. The Bertz CT molecular complexity index is 681. The highest BCUT2D eigenvalue weighted by atomic mass is 32.2. The number of ether oxygens (including phenoxy) is 1. The smallest absolute Gasteiger partial charge is 0.328 e. The van der Waals surface area contributed by atoms with E-state index in [1.807, 2.05) is 0 Å². The van der Waals surface area contributed by atoms with Crippen molar-refractivity contribution in [3.8, 4) is 0 Å². The van der Waals surface area contributed by atoms with E-state index in [2.05, 4.69) is 5.32 Å². The zero-order chi connectivity index (χ0) is 18.3. The van der Waals surface area contributed by atoms with Gasteiger partial charge in [0.05, 0.1) is 17.8 Å². The van der Waals surface area contributed by atoms with Crippen molar-refractivity contribution in [1.82, 2.24) is 5.32 Å². The number of sulfone groups is 1. The molecule has 25 heavy (non-hydrogen) atoms. The van der Waals surface area contributed by atoms with Gasteiger partial charge >= 0.3 is 5.97 Å². The predicted octanol–water partition coefficient (Wildman–Crippen LogP) is 2.09. The van der Waals surface area contributed by atoms with Gasteiger partial charge in [-0.05, 0) is 31.4 Å². The first-order chi connectivity index (χ1) is 11.9. The quantitative estimate of drug-likeness (QED) is 0.745. The van der Waals surface area contributed by atoms with Gasteiger partial charge in [0.1, 0.15) is 6.04 Å². The van der Waals surface area contributed by atoms with Crippen molar-refractivity contribution in [1.29, 1.82) is 0 Å². The van der Waals surface area contributed by atoms with Crippen LogP contribution in [0.4, 0.5) is 0 Å². The monoisotopic (exact) mass is 367 g/mol. The number of benzene rings is 1. The second-order valence-corrected chi connectivity index (χ2v) is 8.45. The fourth-order valence-electron chi connectivity index (χ4n) is 3.06. The Labute approximate surface area is 148 Å². The van der Waals surface area contributed by atoms with E-state index in [9.17, 15) is 18.0 Å². The van der Waals surface area contributed by atoms with Gasteiger partial charge in [-0.2, -0.15) is 0 Å². The Morgan fingerprint density at radius 2 is 1.80 bits per heavy atom. The van der Waals surface area contributed by atoms with Crippen LogP contribution in [0.2, 0.25) is 0 Å². The topological polar surface area (TPSA) is 89.5 Å². The highest BCUT2D eigenvalue weighted by Crippen LogP contribution is 2.24. The minimum Gasteiger partial charge on any atom is -0.467 e. The minimum absolute atomic E-state index is 0.0115. The van der Waals surface area contributed by atoms with Gasteiger partial charge in [0.25, 0.3) is 0 Å². The summed E-state index contributed by atoms with van der Waals surface area (Å²) in [6, 6.07) is 7.12. The van der Waals surface area contributed by atoms with Crippen LogP contribution in [-0.4, -0.2) is 39.2 Å². The maximum atomic E-state index is 12.4. The van der Waals surface area contributed by atoms with Crippen LogP contribution < -0.4 is 5.32 Å². The SMILES string of the molecule is COC(=O)[C@@H](CCS(=O)(=O)c1ccccc1)NC(=O)C1CCCCC1. The van der Waals surface area contributed by atoms with Crippen LogP contribution in [0.25, 0.3) is 0 Å². The first-order valence-corrected chi connectivity index (χ1v) is 10.3. The van der Waals surface area contributed by atoms with Crippen molar-refractivity contribution in [3.63, 3.8) is 0 Å². The lowest BCUT2D eigenvalue weighted by Gasteiger charge is -2.23. The molecule has 0 saturated heterocycles. The molecular formula is C18H25NO5S. The van der Waals surface area contributed by atoms with Gasteiger partial charge in [-0.25, -0.2) is 13.2 Å². The Kier molecular flexibility index (Phi) is 6.99. The predicted molar refractivity (Wildman–Crippen MR) is 93.6 cm³/mol. The molecule has 0 radical (unpaired) electrons. The molecule has 0 heterocycles. The third kappa shape index (κ3) is 5.56. The van der Waals surface area contributed by atoms with Gasteiger partial charge in [0.15, 0.2) is 9.84 Å². The molecule has 1 aromatic carbocycles. The van der Waals surface area contributed by atoms with Gasteiger partial charge in [0, 0.05) is 5.92 Å². The molecule has 1 aromatic rings. The van der Waals surface area contributed by atoms with Crippen LogP contribution >= 0.6 is 0 Å². The van der Waals surface area contributed by atoms with Gasteiger partial charge in [-0.3, -0.25) is 4.79 Å². The van der Waals surface area contributed by atoms with Crippen molar-refractivity contribution >= 4 is 21.7 Å². The van der Waals surface area contributed by atoms with Crippen LogP contribution in [0.3, 0.4) is 0 Å². The molecule has 1 atom stereocenters. The van der Waals surface area contributed by atoms with E-state index in [1.165, 1.54) is 19.2 Å². The lowest BCUT2D eigenvalue weighted by Crippen LogP contribution is -2.45. The summed E-state index contributed by atoms with van der Waals surface area (Å²) in [6.45, 7) is 0. The largest absolute Gasteiger partial charge is 0.467 e. The van der Waals surface area contributed by atoms with E-state index in [4.69, 9.17) is 4.74 Å². The normalized spacial score (nSPS) is 16.8. The molecule has 0 unspecified atom stereocenters. The molecule has 0 aromatic heterocycles. The Morgan fingerprint density at radius 1 is 1.16 bits per heavy atom. The number of hydrogen-bond donors (Lipinski definition) is 1. The van der Waals surface area contributed by atoms with E-state index in [0.717, 1.165) is 32.1 Å². The first kappa shape index (κ1) is 19.4. The Balaban J connectivity index is 2.00. The zero-order valence-electron chi connectivity index (χ0n) is 14.4. The summed E-state index contributed by atoms with van der Waals surface area (Å²) in [5.74, 6) is -1.15. The van der Waals surface area contributed by atoms with Crippen molar-refractivity contribution in [3.05, 3.63) is 30.3 Å². The maximum absolute atomic E-state index is 12.4. The second-order valence-electron chi connectivity index (χ2n) is 6.34. The van der Waals surface area contributed by atoms with Gasteiger partial charge in [0.2, 0.25) is 5.91 Å². The summed E-state index contributed by atoms with van der Waals surface area (Å²) in [7, 11) is -2.29. The third-order valence-corrected chi connectivity index (χ3v) is 6.32. The number of methoxy groups -OCH3 is 1. The summed E-state index contributed by atoms with van der Waals surface area (Å²) in [4.78, 5) is 24.5. The summed E-state index contributed by atoms with van der Waals surface area (Å²) < 4.78 is 29.5. The van der Waals surface area contributed by atoms with Gasteiger partial charge in [-0.1, -0.05) is 37.5 Å². The molecule has 0 aliphatic heterocycles. The molecule has 6 nitrogen and oxygen atoms in total. The number of hydrogen-bond acceptors (Lipinski definition) is 5. The number of carbonyl (C=O) groups is 2. The van der Waals surface area contributed by atoms with Crippen LogP contribution in [0, 0.1) is 5.92 Å². The van der Waals surface area contributed by atoms with Crippen molar-refractivity contribution in [2.75, 3.05) is 12.9 Å². The molecule has 1 aliphatic carbocycles. The fourth-order valence-corrected chi connectivity index (χ4v) is 4.42. The average molecular weight is 367 g/mol. The molecule has 1 saturated carbocycles. The van der Waals surface area contributed by atoms with Crippen molar-refractivity contribution in [2.24, 2.45) is 5.92 Å². The molecule has 1 amide bonds. The van der Waals surface area contributed by atoms with Crippen molar-refractivity contribution < 1.29 is 22.7 Å². The summed E-state index contributed by atoms with van der Waals surface area (Å²) >= 11 is 0. The van der Waals surface area contributed by atoms with Crippen LogP contribution in [-0.2, 0) is 24.2 Å². The van der Waals surface area contributed by atoms with E-state index >= 15 is 0 Å². The average Bonchev–Trinajstić information content (AvgIpc) is 2.65. The Hall–Kier alpha value is -1.89. The maximum Gasteiger partial charge on any atom is 0.328 e. The summed E-state index contributed by atoms with van der Waals surface area (Å²) in [5.41, 5.74) is 0. The van der Waals surface area contributed by atoms with Gasteiger partial charge in [-0.15, -0.1) is 0 Å². The van der Waals surface area contributed by atoms with Crippen molar-refractivity contribution in [2.45, 2.75) is 49.5 Å². The fraction of sp³-hybridized carbons (Fsp3) is 0.556. The molecule has 1 aliphatic rings. The minimum atomic E-state index is -3.52. The summed E-state index contributed by atoms with van der Waals surface area (Å²) in [5, 5.41) is 2.68. The highest BCUT2D eigenvalue weighted by Gasteiger charge is 2.28. The molecule has 0 spiro atoms. The van der Waals surface area contributed by atoms with Crippen LogP contribution in [0.15, 0.2) is 35.2 Å². The molecule has 2 rings (SSSR count). The molecule has 1 N–H and O–H groups in total. The highest BCUT2D eigenvalue weighted by molar-refractivity contribution is 7.91. The molecule has 138 valence electrons. The zero-order valence-corrected chi connectivity index (χ0v) is 15.3. The number of carbonyl (C=O) groups excluding carboxylic acids is 2. The van der Waals surface area contributed by atoms with Crippen LogP contribution in [0.5, 0.6) is 0 Å². The van der Waals surface area contributed by atoms with Crippen LogP contribution in [0.1, 0.15) is 38.5 Å². The molecule has 7 heteroatoms. The van der Waals surface area contributed by atoms with E-state index in [1.54, 1.807) is 18.2 Å². The third-order valence-electron chi connectivity index (χ3n) is 4.56. The summed E-state index contributed by atoms with van der Waals surface area (Å²) in [6.07, 6.45) is 4.73. The standard InChI is InChI=1S/C18H25NO5S/c1-24-18(21)16(19-17(20)14-8-4-2-5-9-14)12-13-25(22,23)15-10-6-3-7-11-15/h3,6-7,10-11,14,16H,2,4-5,8-9,12-13H2,1H3,(H,19,20)/t16-/m1/s1. The number of amides is 1. The Morgan fingerprint density at radius 3 is 2.40 bits per heavy atom. The lowest BCUT2D eigenvalue weighted by molar-refractivity contribution is -0.145. The van der Waals surface area contributed by atoms with E-state index < -0.39 is 21.8 Å². The molecular weight excluding hydrogens is 342 g/mol. The molecule has 1 fully saturated rings. The number of nitrogens with one attached hydrogen (secondary N) is 1.